The van der Waals surface area contributed by atoms with E-state index >= 15 is 0 Å². The highest BCUT2D eigenvalue weighted by molar-refractivity contribution is 5.96. The van der Waals surface area contributed by atoms with Gasteiger partial charge in [-0.05, 0) is 25.0 Å². The van der Waals surface area contributed by atoms with E-state index in [4.69, 9.17) is 0 Å². The lowest BCUT2D eigenvalue weighted by Gasteiger charge is -2.21. The Labute approximate surface area is 71.6 Å². The summed E-state index contributed by atoms with van der Waals surface area (Å²) in [4.78, 5) is 11.4. The first-order chi connectivity index (χ1) is 5.77. The van der Waals surface area contributed by atoms with E-state index in [2.05, 4.69) is 5.32 Å². The van der Waals surface area contributed by atoms with E-state index in [0.29, 0.717) is 0 Å². The maximum absolute atomic E-state index is 11.4. The molecule has 2 nitrogen and oxygen atoms in total. The van der Waals surface area contributed by atoms with Gasteiger partial charge in [0.2, 0.25) is 0 Å². The molecule has 1 N–H and O–H groups in total. The molecule has 1 heterocycles. The fourth-order valence-electron chi connectivity index (χ4n) is 1.60. The standard InChI is InChI=1S/C10H11NO/c1-7-6-8-4-2-3-5-9(8)10(12)11-7/h2-5,7H,6H2,1H3,(H,11,12)/t7-/m0/s1. The molecule has 1 aromatic carbocycles. The molecule has 1 amide bonds. The Morgan fingerprint density at radius 1 is 1.42 bits per heavy atom. The minimum Gasteiger partial charge on any atom is -0.349 e. The van der Waals surface area contributed by atoms with Crippen LogP contribution in [0, 0.1) is 0 Å². The van der Waals surface area contributed by atoms with Gasteiger partial charge in [-0.2, -0.15) is 0 Å². The Balaban J connectivity index is 2.47. The molecule has 0 saturated heterocycles. The number of nitrogens with one attached hydrogen (secondary N) is 1. The Morgan fingerprint density at radius 3 is 3.00 bits per heavy atom. The van der Waals surface area contributed by atoms with Gasteiger partial charge in [0.05, 0.1) is 0 Å². The number of fused-ring (bicyclic) bond motifs is 1. The number of amides is 1. The van der Waals surface area contributed by atoms with E-state index < -0.39 is 0 Å². The van der Waals surface area contributed by atoms with Crippen LogP contribution in [0.1, 0.15) is 22.8 Å². The van der Waals surface area contributed by atoms with Crippen LogP contribution in [-0.2, 0) is 6.42 Å². The highest BCUT2D eigenvalue weighted by Crippen LogP contribution is 2.15. The molecular weight excluding hydrogens is 150 g/mol. The first kappa shape index (κ1) is 7.35. The Bertz CT molecular complexity index is 319. The molecule has 2 heteroatoms. The molecule has 2 rings (SSSR count). The molecule has 0 spiro atoms. The fourth-order valence-corrected chi connectivity index (χ4v) is 1.60. The number of rotatable bonds is 0. The van der Waals surface area contributed by atoms with Gasteiger partial charge in [-0.25, -0.2) is 0 Å². The van der Waals surface area contributed by atoms with Gasteiger partial charge in [0.25, 0.3) is 5.91 Å². The number of carbonyl (C=O) groups excluding carboxylic acids is 1. The summed E-state index contributed by atoms with van der Waals surface area (Å²) >= 11 is 0. The minimum atomic E-state index is 0.0596. The average molecular weight is 161 g/mol. The molecule has 0 aromatic heterocycles. The maximum Gasteiger partial charge on any atom is 0.251 e. The molecular formula is C10H11NO. The van der Waals surface area contributed by atoms with Crippen molar-refractivity contribution in [3.8, 4) is 0 Å². The monoisotopic (exact) mass is 161 g/mol. The quantitative estimate of drug-likeness (QED) is 0.611. The van der Waals surface area contributed by atoms with E-state index in [1.807, 2.05) is 31.2 Å². The first-order valence-corrected chi connectivity index (χ1v) is 4.16. The molecule has 0 aliphatic carbocycles. The lowest BCUT2D eigenvalue weighted by Crippen LogP contribution is -2.39. The van der Waals surface area contributed by atoms with Crippen LogP contribution in [0.5, 0.6) is 0 Å². The van der Waals surface area contributed by atoms with Crippen LogP contribution in [-0.4, -0.2) is 11.9 Å². The molecule has 0 bridgehead atoms. The summed E-state index contributed by atoms with van der Waals surface area (Å²) < 4.78 is 0. The summed E-state index contributed by atoms with van der Waals surface area (Å²) in [6, 6.07) is 8.03. The van der Waals surface area contributed by atoms with E-state index in [9.17, 15) is 4.79 Å². The minimum absolute atomic E-state index is 0.0596. The normalized spacial score (nSPS) is 21.4. The second kappa shape index (κ2) is 2.63. The summed E-state index contributed by atoms with van der Waals surface area (Å²) in [6.07, 6.45) is 0.946. The van der Waals surface area contributed by atoms with Crippen molar-refractivity contribution in [1.29, 1.82) is 0 Å². The third-order valence-corrected chi connectivity index (χ3v) is 2.17. The molecule has 1 aromatic rings. The first-order valence-electron chi connectivity index (χ1n) is 4.16. The lowest BCUT2D eigenvalue weighted by molar-refractivity contribution is 0.0929. The summed E-state index contributed by atoms with van der Waals surface area (Å²) in [5, 5.41) is 2.90. The van der Waals surface area contributed by atoms with Gasteiger partial charge in [0.15, 0.2) is 0 Å². The largest absolute Gasteiger partial charge is 0.349 e. The van der Waals surface area contributed by atoms with Crippen molar-refractivity contribution in [3.05, 3.63) is 35.4 Å². The third-order valence-electron chi connectivity index (χ3n) is 2.17. The number of benzene rings is 1. The van der Waals surface area contributed by atoms with Gasteiger partial charge in [0.1, 0.15) is 0 Å². The van der Waals surface area contributed by atoms with Crippen LogP contribution < -0.4 is 5.32 Å². The molecule has 1 aliphatic rings. The summed E-state index contributed by atoms with van der Waals surface area (Å²) in [6.45, 7) is 2.02. The Kier molecular flexibility index (Phi) is 1.61. The summed E-state index contributed by atoms with van der Waals surface area (Å²) in [5.41, 5.74) is 1.99. The van der Waals surface area contributed by atoms with Gasteiger partial charge >= 0.3 is 0 Å². The van der Waals surface area contributed by atoms with Gasteiger partial charge in [-0.3, -0.25) is 4.79 Å². The molecule has 0 saturated carbocycles. The van der Waals surface area contributed by atoms with Crippen molar-refractivity contribution >= 4 is 5.91 Å². The van der Waals surface area contributed by atoms with Crippen LogP contribution in [0.3, 0.4) is 0 Å². The van der Waals surface area contributed by atoms with Gasteiger partial charge in [-0.1, -0.05) is 18.2 Å². The van der Waals surface area contributed by atoms with E-state index in [-0.39, 0.29) is 11.9 Å². The van der Waals surface area contributed by atoms with E-state index in [0.717, 1.165) is 17.5 Å². The summed E-state index contributed by atoms with van der Waals surface area (Å²) in [5.74, 6) is 0.0596. The lowest BCUT2D eigenvalue weighted by atomic mass is 9.96. The van der Waals surface area contributed by atoms with Crippen molar-refractivity contribution < 1.29 is 4.79 Å². The van der Waals surface area contributed by atoms with Crippen molar-refractivity contribution in [1.82, 2.24) is 5.32 Å². The summed E-state index contributed by atoms with van der Waals surface area (Å²) in [7, 11) is 0. The third kappa shape index (κ3) is 1.09. The van der Waals surface area contributed by atoms with Crippen molar-refractivity contribution in [3.63, 3.8) is 0 Å². The van der Waals surface area contributed by atoms with Crippen molar-refractivity contribution in [2.45, 2.75) is 19.4 Å². The van der Waals surface area contributed by atoms with Crippen LogP contribution in [0.2, 0.25) is 0 Å². The zero-order chi connectivity index (χ0) is 8.55. The van der Waals surface area contributed by atoms with Crippen molar-refractivity contribution in [2.24, 2.45) is 0 Å². The topological polar surface area (TPSA) is 29.1 Å². The smallest absolute Gasteiger partial charge is 0.251 e. The predicted octanol–water partition coefficient (Wildman–Crippen LogP) is 1.36. The van der Waals surface area contributed by atoms with Crippen LogP contribution in [0.4, 0.5) is 0 Å². The highest BCUT2D eigenvalue weighted by Gasteiger charge is 2.19. The molecule has 1 aliphatic heterocycles. The fraction of sp³-hybridized carbons (Fsp3) is 0.300. The van der Waals surface area contributed by atoms with Crippen LogP contribution in [0.15, 0.2) is 24.3 Å². The van der Waals surface area contributed by atoms with Crippen molar-refractivity contribution in [2.75, 3.05) is 0 Å². The SMILES string of the molecule is C[C@H]1Cc2ccccc2C(=O)N1. The zero-order valence-corrected chi connectivity index (χ0v) is 7.00. The van der Waals surface area contributed by atoms with Crippen LogP contribution in [0.25, 0.3) is 0 Å². The molecule has 62 valence electrons. The predicted molar refractivity (Wildman–Crippen MR) is 47.1 cm³/mol. The second-order valence-corrected chi connectivity index (χ2v) is 3.24. The number of carbonyl (C=O) groups is 1. The zero-order valence-electron chi connectivity index (χ0n) is 7.00. The second-order valence-electron chi connectivity index (χ2n) is 3.24. The Hall–Kier alpha value is -1.31. The van der Waals surface area contributed by atoms with Crippen LogP contribution >= 0.6 is 0 Å². The number of hydrogen-bond acceptors (Lipinski definition) is 1. The van der Waals surface area contributed by atoms with Gasteiger partial charge in [0, 0.05) is 11.6 Å². The molecule has 12 heavy (non-hydrogen) atoms. The van der Waals surface area contributed by atoms with E-state index in [1.165, 1.54) is 0 Å². The average Bonchev–Trinajstić information content (AvgIpc) is 2.04. The van der Waals surface area contributed by atoms with E-state index in [1.54, 1.807) is 0 Å². The molecule has 0 unspecified atom stereocenters. The molecule has 0 radical (unpaired) electrons. The molecule has 1 atom stereocenters. The van der Waals surface area contributed by atoms with Gasteiger partial charge in [-0.15, -0.1) is 0 Å². The maximum atomic E-state index is 11.4. The Morgan fingerprint density at radius 2 is 2.17 bits per heavy atom. The highest BCUT2D eigenvalue weighted by atomic mass is 16.1. The van der Waals surface area contributed by atoms with Gasteiger partial charge < -0.3 is 5.32 Å². The number of hydrogen-bond donors (Lipinski definition) is 1. The molecule has 0 fully saturated rings.